The Kier molecular flexibility index (Phi) is 5.14. The number of amides is 1. The summed E-state index contributed by atoms with van der Waals surface area (Å²) in [5.74, 6) is 0.554. The summed E-state index contributed by atoms with van der Waals surface area (Å²) in [5, 5.41) is 5.30. The van der Waals surface area contributed by atoms with Gasteiger partial charge in [-0.25, -0.2) is 4.98 Å². The maximum Gasteiger partial charge on any atom is 0.264 e. The van der Waals surface area contributed by atoms with Crippen molar-refractivity contribution in [3.05, 3.63) is 64.5 Å². The van der Waals surface area contributed by atoms with Crippen LogP contribution in [0.4, 0.5) is 5.13 Å². The van der Waals surface area contributed by atoms with Crippen LogP contribution in [0.2, 0.25) is 0 Å². The molecule has 0 saturated carbocycles. The Balaban J connectivity index is 1.61. The first-order chi connectivity index (χ1) is 12.0. The Morgan fingerprint density at radius 3 is 2.48 bits per heavy atom. The number of nitrogens with one attached hydrogen (secondary N) is 1. The third-order valence-corrected chi connectivity index (χ3v) is 4.53. The van der Waals surface area contributed by atoms with Gasteiger partial charge in [0.15, 0.2) is 11.7 Å². The van der Waals surface area contributed by atoms with Crippen molar-refractivity contribution in [1.82, 2.24) is 4.98 Å². The maximum absolute atomic E-state index is 12.2. The van der Waals surface area contributed by atoms with E-state index >= 15 is 0 Å². The lowest BCUT2D eigenvalue weighted by Crippen LogP contribution is -2.20. The summed E-state index contributed by atoms with van der Waals surface area (Å²) in [5.41, 5.74) is 5.13. The highest BCUT2D eigenvalue weighted by Gasteiger charge is 2.11. The summed E-state index contributed by atoms with van der Waals surface area (Å²) >= 11 is 1.40. The van der Waals surface area contributed by atoms with Crippen LogP contribution < -0.4 is 10.1 Å². The van der Waals surface area contributed by atoms with E-state index < -0.39 is 0 Å². The Hall–Kier alpha value is -2.66. The van der Waals surface area contributed by atoms with Crippen LogP contribution in [0, 0.1) is 20.8 Å². The maximum atomic E-state index is 12.2. The van der Waals surface area contributed by atoms with E-state index in [2.05, 4.69) is 10.3 Å². The Labute approximate surface area is 151 Å². The fourth-order valence-corrected chi connectivity index (χ4v) is 3.50. The van der Waals surface area contributed by atoms with Crippen LogP contribution in [0.15, 0.2) is 47.8 Å². The molecule has 1 aromatic heterocycles. The van der Waals surface area contributed by atoms with Crippen molar-refractivity contribution in [2.45, 2.75) is 20.8 Å². The number of hydrogen-bond acceptors (Lipinski definition) is 4. The summed E-state index contributed by atoms with van der Waals surface area (Å²) in [4.78, 5) is 16.6. The van der Waals surface area contributed by atoms with Gasteiger partial charge in [0, 0.05) is 10.9 Å². The minimum Gasteiger partial charge on any atom is -0.483 e. The molecule has 0 bridgehead atoms. The van der Waals surface area contributed by atoms with E-state index in [9.17, 15) is 4.79 Å². The van der Waals surface area contributed by atoms with Crippen LogP contribution in [-0.2, 0) is 4.79 Å². The van der Waals surface area contributed by atoms with Gasteiger partial charge in [-0.1, -0.05) is 48.0 Å². The number of benzene rings is 2. The van der Waals surface area contributed by atoms with Gasteiger partial charge in [-0.2, -0.15) is 0 Å². The Morgan fingerprint density at radius 1 is 1.12 bits per heavy atom. The van der Waals surface area contributed by atoms with Crippen molar-refractivity contribution in [2.24, 2.45) is 0 Å². The molecule has 3 aromatic rings. The number of anilines is 1. The van der Waals surface area contributed by atoms with Crippen molar-refractivity contribution in [1.29, 1.82) is 0 Å². The fraction of sp³-hybridized carbons (Fsp3) is 0.200. The smallest absolute Gasteiger partial charge is 0.264 e. The molecule has 1 N–H and O–H groups in total. The molecule has 0 aliphatic rings. The van der Waals surface area contributed by atoms with E-state index in [0.29, 0.717) is 5.13 Å². The number of carbonyl (C=O) groups excluding carboxylic acids is 1. The monoisotopic (exact) mass is 352 g/mol. The van der Waals surface area contributed by atoms with Crippen LogP contribution in [0.1, 0.15) is 16.7 Å². The van der Waals surface area contributed by atoms with Gasteiger partial charge < -0.3 is 4.74 Å². The van der Waals surface area contributed by atoms with E-state index in [1.807, 2.05) is 68.6 Å². The largest absolute Gasteiger partial charge is 0.483 e. The molecule has 0 saturated heterocycles. The third-order valence-electron chi connectivity index (χ3n) is 3.77. The van der Waals surface area contributed by atoms with E-state index in [0.717, 1.165) is 28.1 Å². The lowest BCUT2D eigenvalue weighted by Gasteiger charge is -2.12. The predicted octanol–water partition coefficient (Wildman–Crippen LogP) is 4.75. The third kappa shape index (κ3) is 4.25. The minimum atomic E-state index is -0.215. The number of aromatic nitrogens is 1. The number of aryl methyl sites for hydroxylation is 3. The first-order valence-corrected chi connectivity index (χ1v) is 8.92. The highest BCUT2D eigenvalue weighted by atomic mass is 32.1. The molecule has 4 nitrogen and oxygen atoms in total. The molecule has 25 heavy (non-hydrogen) atoms. The van der Waals surface area contributed by atoms with Crippen LogP contribution in [0.25, 0.3) is 11.3 Å². The molecule has 128 valence electrons. The van der Waals surface area contributed by atoms with Crippen molar-refractivity contribution >= 4 is 22.4 Å². The number of ether oxygens (including phenoxy) is 1. The van der Waals surface area contributed by atoms with Crippen LogP contribution >= 0.6 is 11.3 Å². The Morgan fingerprint density at radius 2 is 1.80 bits per heavy atom. The first kappa shape index (κ1) is 17.2. The summed E-state index contributed by atoms with van der Waals surface area (Å²) in [6.45, 7) is 5.98. The first-order valence-electron chi connectivity index (χ1n) is 8.04. The predicted molar refractivity (Wildman–Crippen MR) is 102 cm³/mol. The molecule has 0 atom stereocenters. The topological polar surface area (TPSA) is 51.2 Å². The molecule has 0 aliphatic carbocycles. The summed E-state index contributed by atoms with van der Waals surface area (Å²) in [6.07, 6.45) is 0. The lowest BCUT2D eigenvalue weighted by molar-refractivity contribution is -0.118. The number of carbonyl (C=O) groups is 1. The summed E-state index contributed by atoms with van der Waals surface area (Å²) < 4.78 is 5.71. The summed E-state index contributed by atoms with van der Waals surface area (Å²) in [7, 11) is 0. The van der Waals surface area contributed by atoms with Gasteiger partial charge in [-0.15, -0.1) is 11.3 Å². The number of thiazole rings is 1. The summed E-state index contributed by atoms with van der Waals surface area (Å²) in [6, 6.07) is 14.0. The molecule has 3 rings (SSSR count). The molecule has 0 spiro atoms. The highest BCUT2D eigenvalue weighted by Crippen LogP contribution is 2.26. The van der Waals surface area contributed by atoms with Gasteiger partial charge in [-0.3, -0.25) is 10.1 Å². The second kappa shape index (κ2) is 7.49. The standard InChI is InChI=1S/C20H20N2O2S/c1-13-9-14(2)19(15(3)10-13)24-11-18(23)22-20-21-17(12-25-20)16-7-5-4-6-8-16/h4-10,12H,11H2,1-3H3,(H,21,22,23). The molecule has 1 amide bonds. The molecule has 1 heterocycles. The van der Waals surface area contributed by atoms with E-state index in [1.54, 1.807) is 0 Å². The molecule has 0 unspecified atom stereocenters. The van der Waals surface area contributed by atoms with Crippen molar-refractivity contribution in [2.75, 3.05) is 11.9 Å². The molecular weight excluding hydrogens is 332 g/mol. The molecule has 0 aliphatic heterocycles. The molecule has 2 aromatic carbocycles. The van der Waals surface area contributed by atoms with Crippen molar-refractivity contribution in [3.8, 4) is 17.0 Å². The number of rotatable bonds is 5. The zero-order valence-corrected chi connectivity index (χ0v) is 15.3. The van der Waals surface area contributed by atoms with Crippen LogP contribution in [0.3, 0.4) is 0 Å². The molecule has 0 radical (unpaired) electrons. The average molecular weight is 352 g/mol. The molecular formula is C20H20N2O2S. The van der Waals surface area contributed by atoms with Gasteiger partial charge in [0.05, 0.1) is 5.69 Å². The minimum absolute atomic E-state index is 0.0367. The zero-order chi connectivity index (χ0) is 17.8. The highest BCUT2D eigenvalue weighted by molar-refractivity contribution is 7.14. The van der Waals surface area contributed by atoms with Crippen LogP contribution in [0.5, 0.6) is 5.75 Å². The SMILES string of the molecule is Cc1cc(C)c(OCC(=O)Nc2nc(-c3ccccc3)cs2)c(C)c1. The fourth-order valence-electron chi connectivity index (χ4n) is 2.76. The Bertz CT molecular complexity index is 865. The van der Waals surface area contributed by atoms with Gasteiger partial charge in [0.25, 0.3) is 5.91 Å². The molecule has 5 heteroatoms. The van der Waals surface area contributed by atoms with E-state index in [1.165, 1.54) is 16.9 Å². The molecule has 0 fully saturated rings. The normalized spacial score (nSPS) is 10.5. The van der Waals surface area contributed by atoms with Gasteiger partial charge >= 0.3 is 0 Å². The quantitative estimate of drug-likeness (QED) is 0.721. The average Bonchev–Trinajstić information content (AvgIpc) is 3.03. The number of nitrogens with zero attached hydrogens (tertiary/aromatic N) is 1. The van der Waals surface area contributed by atoms with Crippen molar-refractivity contribution < 1.29 is 9.53 Å². The zero-order valence-electron chi connectivity index (χ0n) is 14.5. The van der Waals surface area contributed by atoms with Crippen LogP contribution in [-0.4, -0.2) is 17.5 Å². The lowest BCUT2D eigenvalue weighted by atomic mass is 10.1. The van der Waals surface area contributed by atoms with E-state index in [4.69, 9.17) is 4.74 Å². The van der Waals surface area contributed by atoms with Crippen molar-refractivity contribution in [3.63, 3.8) is 0 Å². The number of hydrogen-bond donors (Lipinski definition) is 1. The van der Waals surface area contributed by atoms with E-state index in [-0.39, 0.29) is 12.5 Å². The van der Waals surface area contributed by atoms with Gasteiger partial charge in [0.2, 0.25) is 0 Å². The second-order valence-electron chi connectivity index (χ2n) is 5.97. The van der Waals surface area contributed by atoms with Gasteiger partial charge in [-0.05, 0) is 31.9 Å². The second-order valence-corrected chi connectivity index (χ2v) is 6.83. The van der Waals surface area contributed by atoms with Gasteiger partial charge in [0.1, 0.15) is 5.75 Å².